The van der Waals surface area contributed by atoms with E-state index in [0.29, 0.717) is 5.69 Å². The number of hydrogen-bond acceptors (Lipinski definition) is 9. The first-order valence-electron chi connectivity index (χ1n) is 7.80. The van der Waals surface area contributed by atoms with E-state index < -0.39 is 15.8 Å². The van der Waals surface area contributed by atoms with Gasteiger partial charge in [0, 0.05) is 23.8 Å². The fourth-order valence-corrected chi connectivity index (χ4v) is 3.83. The molecule has 12 heteroatoms. The summed E-state index contributed by atoms with van der Waals surface area (Å²) in [5.41, 5.74) is -0.109. The van der Waals surface area contributed by atoms with E-state index >= 15 is 0 Å². The number of anilines is 1. The third kappa shape index (κ3) is 3.88. The van der Waals surface area contributed by atoms with Gasteiger partial charge in [-0.2, -0.15) is 0 Å². The smallest absolute Gasteiger partial charge is 0.274 e. The fourth-order valence-electron chi connectivity index (χ4n) is 2.54. The molecule has 1 saturated heterocycles. The summed E-state index contributed by atoms with van der Waals surface area (Å²) in [5.74, 6) is -1.01. The van der Waals surface area contributed by atoms with Crippen molar-refractivity contribution < 1.29 is 24.5 Å². The summed E-state index contributed by atoms with van der Waals surface area (Å²) < 4.78 is 5.12. The van der Waals surface area contributed by atoms with Crippen molar-refractivity contribution in [2.45, 2.75) is 0 Å². The van der Waals surface area contributed by atoms with E-state index in [1.807, 2.05) is 0 Å². The molecule has 1 heterocycles. The molecule has 0 saturated carbocycles. The van der Waals surface area contributed by atoms with Crippen molar-refractivity contribution >= 4 is 57.3 Å². The molecule has 0 spiro atoms. The standard InChI is InChI=1S/C17H11N3O7S2/c1-27-13-8-12(20(25)26)6-9(15(13)21)7-14-16(22)18(17(28)29-14)10-2-4-11(5-3-10)19(23)24/h2-8,21H,1H3/b14-7+. The topological polar surface area (TPSA) is 136 Å². The van der Waals surface area contributed by atoms with E-state index in [2.05, 4.69) is 0 Å². The molecule has 0 aliphatic carbocycles. The number of thioether (sulfide) groups is 1. The number of methoxy groups -OCH3 is 1. The maximum Gasteiger partial charge on any atom is 0.274 e. The average molecular weight is 433 g/mol. The minimum absolute atomic E-state index is 0.0141. The maximum atomic E-state index is 12.8. The molecular formula is C17H11N3O7S2. The van der Waals surface area contributed by atoms with Gasteiger partial charge in [0.05, 0.1) is 33.6 Å². The van der Waals surface area contributed by atoms with Gasteiger partial charge < -0.3 is 9.84 Å². The lowest BCUT2D eigenvalue weighted by Crippen LogP contribution is -2.27. The van der Waals surface area contributed by atoms with Crippen LogP contribution in [-0.2, 0) is 4.79 Å². The summed E-state index contributed by atoms with van der Waals surface area (Å²) in [6.07, 6.45) is 1.27. The van der Waals surface area contributed by atoms with Crippen LogP contribution in [0.2, 0.25) is 0 Å². The van der Waals surface area contributed by atoms with Crippen molar-refractivity contribution in [3.05, 3.63) is 67.1 Å². The Kier molecular flexibility index (Phi) is 5.48. The fraction of sp³-hybridized carbons (Fsp3) is 0.0588. The zero-order chi connectivity index (χ0) is 21.3. The number of ether oxygens (including phenoxy) is 1. The maximum absolute atomic E-state index is 12.8. The van der Waals surface area contributed by atoms with Crippen LogP contribution < -0.4 is 9.64 Å². The molecule has 1 aliphatic heterocycles. The number of carbonyl (C=O) groups excluding carboxylic acids is 1. The van der Waals surface area contributed by atoms with Crippen LogP contribution in [0.25, 0.3) is 6.08 Å². The highest BCUT2D eigenvalue weighted by molar-refractivity contribution is 8.27. The van der Waals surface area contributed by atoms with Gasteiger partial charge in [0.15, 0.2) is 15.8 Å². The predicted molar refractivity (Wildman–Crippen MR) is 110 cm³/mol. The van der Waals surface area contributed by atoms with Crippen molar-refractivity contribution in [1.82, 2.24) is 0 Å². The first-order chi connectivity index (χ1) is 13.7. The zero-order valence-electron chi connectivity index (χ0n) is 14.6. The Morgan fingerprint density at radius 2 is 1.76 bits per heavy atom. The summed E-state index contributed by atoms with van der Waals surface area (Å²) >= 11 is 6.16. The predicted octanol–water partition coefficient (Wildman–Crippen LogP) is 3.62. The second-order valence-electron chi connectivity index (χ2n) is 5.63. The summed E-state index contributed by atoms with van der Waals surface area (Å²) in [7, 11) is 1.25. The zero-order valence-corrected chi connectivity index (χ0v) is 16.2. The Labute approximate surface area is 172 Å². The van der Waals surface area contributed by atoms with E-state index in [-0.39, 0.29) is 37.7 Å². The number of hydrogen-bond donors (Lipinski definition) is 1. The van der Waals surface area contributed by atoms with Crippen molar-refractivity contribution in [1.29, 1.82) is 0 Å². The Balaban J connectivity index is 1.99. The molecule has 148 valence electrons. The van der Waals surface area contributed by atoms with Gasteiger partial charge in [-0.1, -0.05) is 24.0 Å². The number of benzene rings is 2. The molecule has 0 atom stereocenters. The summed E-state index contributed by atoms with van der Waals surface area (Å²) in [5, 5.41) is 32.1. The highest BCUT2D eigenvalue weighted by Gasteiger charge is 2.34. The number of aromatic hydroxyl groups is 1. The Morgan fingerprint density at radius 3 is 2.31 bits per heavy atom. The number of thiocarbonyl (C=S) groups is 1. The molecular weight excluding hydrogens is 422 g/mol. The average Bonchev–Trinajstić information content (AvgIpc) is 2.96. The van der Waals surface area contributed by atoms with Gasteiger partial charge in [-0.15, -0.1) is 0 Å². The van der Waals surface area contributed by atoms with Gasteiger partial charge in [-0.05, 0) is 18.2 Å². The second-order valence-corrected chi connectivity index (χ2v) is 7.31. The Bertz CT molecular complexity index is 1080. The SMILES string of the molecule is COc1cc([N+](=O)[O-])cc(/C=C2/SC(=S)N(c3ccc([N+](=O)[O-])cc3)C2=O)c1O. The van der Waals surface area contributed by atoms with Crippen LogP contribution in [0, 0.1) is 20.2 Å². The number of nitro benzene ring substituents is 2. The minimum Gasteiger partial charge on any atom is -0.504 e. The summed E-state index contributed by atoms with van der Waals surface area (Å²) in [6.45, 7) is 0. The molecule has 0 radical (unpaired) electrons. The van der Waals surface area contributed by atoms with E-state index in [1.165, 1.54) is 42.4 Å². The van der Waals surface area contributed by atoms with Gasteiger partial charge in [-0.3, -0.25) is 29.9 Å². The second kappa shape index (κ2) is 7.85. The Hall–Kier alpha value is -3.51. The lowest BCUT2D eigenvalue weighted by Gasteiger charge is -2.14. The number of rotatable bonds is 5. The first-order valence-corrected chi connectivity index (χ1v) is 9.03. The molecule has 0 bridgehead atoms. The molecule has 0 unspecified atom stereocenters. The van der Waals surface area contributed by atoms with Crippen LogP contribution in [0.5, 0.6) is 11.5 Å². The lowest BCUT2D eigenvalue weighted by atomic mass is 10.1. The molecule has 1 amide bonds. The van der Waals surface area contributed by atoms with Crippen LogP contribution in [0.1, 0.15) is 5.56 Å². The van der Waals surface area contributed by atoms with E-state index in [4.69, 9.17) is 17.0 Å². The van der Waals surface area contributed by atoms with Crippen LogP contribution in [-0.4, -0.2) is 32.3 Å². The van der Waals surface area contributed by atoms with Crippen molar-refractivity contribution in [2.75, 3.05) is 12.0 Å². The highest BCUT2D eigenvalue weighted by Crippen LogP contribution is 2.40. The van der Waals surface area contributed by atoms with Crippen molar-refractivity contribution in [3.63, 3.8) is 0 Å². The molecule has 1 N–H and O–H groups in total. The Morgan fingerprint density at radius 1 is 1.14 bits per heavy atom. The van der Waals surface area contributed by atoms with E-state index in [9.17, 15) is 30.1 Å². The van der Waals surface area contributed by atoms with Gasteiger partial charge in [-0.25, -0.2) is 0 Å². The molecule has 1 fully saturated rings. The number of carbonyl (C=O) groups is 1. The molecule has 2 aromatic carbocycles. The normalized spacial score (nSPS) is 15.1. The third-order valence-electron chi connectivity index (χ3n) is 3.92. The van der Waals surface area contributed by atoms with Crippen LogP contribution in [0.15, 0.2) is 41.3 Å². The number of phenols is 1. The number of nitrogens with zero attached hydrogens (tertiary/aromatic N) is 3. The molecule has 3 rings (SSSR count). The van der Waals surface area contributed by atoms with Crippen molar-refractivity contribution in [3.8, 4) is 11.5 Å². The number of amides is 1. The molecule has 10 nitrogen and oxygen atoms in total. The molecule has 1 aliphatic rings. The highest BCUT2D eigenvalue weighted by atomic mass is 32.2. The van der Waals surface area contributed by atoms with Crippen LogP contribution in [0.4, 0.5) is 17.1 Å². The molecule has 0 aromatic heterocycles. The summed E-state index contributed by atoms with van der Waals surface area (Å²) in [4.78, 5) is 34.8. The van der Waals surface area contributed by atoms with Crippen LogP contribution in [0.3, 0.4) is 0 Å². The first kappa shape index (κ1) is 20.2. The largest absolute Gasteiger partial charge is 0.504 e. The third-order valence-corrected chi connectivity index (χ3v) is 5.22. The van der Waals surface area contributed by atoms with Gasteiger partial charge in [0.1, 0.15) is 0 Å². The van der Waals surface area contributed by atoms with Gasteiger partial charge in [0.25, 0.3) is 17.3 Å². The minimum atomic E-state index is -0.651. The van der Waals surface area contributed by atoms with E-state index in [1.54, 1.807) is 0 Å². The number of nitro groups is 2. The quantitative estimate of drug-likeness (QED) is 0.324. The van der Waals surface area contributed by atoms with Gasteiger partial charge in [0.2, 0.25) is 0 Å². The summed E-state index contributed by atoms with van der Waals surface area (Å²) in [6, 6.07) is 7.44. The lowest BCUT2D eigenvalue weighted by molar-refractivity contribution is -0.385. The number of non-ortho nitro benzene ring substituents is 2. The van der Waals surface area contributed by atoms with Gasteiger partial charge >= 0.3 is 0 Å². The number of phenolic OH excluding ortho intramolecular Hbond substituents is 1. The van der Waals surface area contributed by atoms with E-state index in [0.717, 1.165) is 23.9 Å². The monoisotopic (exact) mass is 433 g/mol. The molecule has 29 heavy (non-hydrogen) atoms. The van der Waals surface area contributed by atoms with Crippen molar-refractivity contribution in [2.24, 2.45) is 0 Å². The molecule has 2 aromatic rings. The van der Waals surface area contributed by atoms with Crippen LogP contribution >= 0.6 is 24.0 Å².